The van der Waals surface area contributed by atoms with Gasteiger partial charge >= 0.3 is 0 Å². The average Bonchev–Trinajstić information content (AvgIpc) is 3.47. The fourth-order valence-corrected chi connectivity index (χ4v) is 4.66. The first-order valence-electron chi connectivity index (χ1n) is 11.2. The number of aryl methyl sites for hydroxylation is 1. The molecule has 2 N–H and O–H groups in total. The molecule has 1 aliphatic heterocycles. The van der Waals surface area contributed by atoms with Gasteiger partial charge in [0, 0.05) is 43.9 Å². The molecule has 1 aliphatic rings. The second kappa shape index (κ2) is 8.96. The molecular formula is C25H28N6O. The van der Waals surface area contributed by atoms with E-state index in [2.05, 4.69) is 38.4 Å². The molecule has 164 valence electrons. The van der Waals surface area contributed by atoms with Gasteiger partial charge in [0.25, 0.3) is 5.91 Å². The lowest BCUT2D eigenvalue weighted by molar-refractivity contribution is 0.0932. The topological polar surface area (TPSA) is 78.3 Å². The number of aromatic amines is 1. The molecule has 0 saturated carbocycles. The smallest absolute Gasteiger partial charge is 0.253 e. The second-order valence-electron chi connectivity index (χ2n) is 8.57. The van der Waals surface area contributed by atoms with Gasteiger partial charge in [-0.3, -0.25) is 19.8 Å². The van der Waals surface area contributed by atoms with E-state index in [0.29, 0.717) is 18.0 Å². The number of rotatable bonds is 6. The molecule has 0 spiro atoms. The summed E-state index contributed by atoms with van der Waals surface area (Å²) in [6.07, 6.45) is 7.83. The predicted molar refractivity (Wildman–Crippen MR) is 124 cm³/mol. The van der Waals surface area contributed by atoms with Gasteiger partial charge in [-0.2, -0.15) is 5.10 Å². The molecule has 1 fully saturated rings. The highest BCUT2D eigenvalue weighted by Gasteiger charge is 2.22. The van der Waals surface area contributed by atoms with Crippen LogP contribution in [-0.4, -0.2) is 50.0 Å². The van der Waals surface area contributed by atoms with Crippen molar-refractivity contribution in [2.24, 2.45) is 5.92 Å². The highest BCUT2D eigenvalue weighted by atomic mass is 16.1. The minimum atomic E-state index is -0.0281. The van der Waals surface area contributed by atoms with E-state index < -0.39 is 0 Å². The summed E-state index contributed by atoms with van der Waals surface area (Å²) in [5.74, 6) is 0.422. The van der Waals surface area contributed by atoms with Crippen molar-refractivity contribution < 1.29 is 4.79 Å². The van der Waals surface area contributed by atoms with Gasteiger partial charge in [0.05, 0.1) is 22.5 Å². The van der Waals surface area contributed by atoms with Crippen LogP contribution >= 0.6 is 0 Å². The van der Waals surface area contributed by atoms with Gasteiger partial charge in [-0.1, -0.05) is 12.1 Å². The maximum Gasteiger partial charge on any atom is 0.253 e. The number of amides is 1. The molecule has 7 heteroatoms. The van der Waals surface area contributed by atoms with Gasteiger partial charge in [0.2, 0.25) is 0 Å². The highest BCUT2D eigenvalue weighted by molar-refractivity contribution is 6.02. The van der Waals surface area contributed by atoms with Crippen LogP contribution in [0.15, 0.2) is 61.1 Å². The Bertz CT molecular complexity index is 1210. The van der Waals surface area contributed by atoms with E-state index >= 15 is 0 Å². The Hall–Kier alpha value is -3.45. The largest absolute Gasteiger partial charge is 0.352 e. The van der Waals surface area contributed by atoms with Crippen LogP contribution in [0.4, 0.5) is 0 Å². The number of likely N-dealkylation sites (tertiary alicyclic amines) is 1. The number of nitrogens with zero attached hydrogens (tertiary/aromatic N) is 4. The van der Waals surface area contributed by atoms with E-state index in [9.17, 15) is 4.79 Å². The van der Waals surface area contributed by atoms with Crippen molar-refractivity contribution in [3.63, 3.8) is 0 Å². The van der Waals surface area contributed by atoms with Gasteiger partial charge in [-0.15, -0.1) is 0 Å². The lowest BCUT2D eigenvalue weighted by Gasteiger charge is -2.33. The van der Waals surface area contributed by atoms with E-state index in [1.165, 1.54) is 5.56 Å². The Morgan fingerprint density at radius 1 is 1.22 bits per heavy atom. The van der Waals surface area contributed by atoms with E-state index in [1.807, 2.05) is 53.2 Å². The lowest BCUT2D eigenvalue weighted by atomic mass is 9.97. The molecule has 4 aromatic heterocycles. The maximum absolute atomic E-state index is 13.1. The zero-order valence-electron chi connectivity index (χ0n) is 18.3. The molecule has 0 unspecified atom stereocenters. The summed E-state index contributed by atoms with van der Waals surface area (Å²) in [6, 6.07) is 13.9. The first-order valence-corrected chi connectivity index (χ1v) is 11.2. The van der Waals surface area contributed by atoms with Crippen LogP contribution in [0.25, 0.3) is 16.9 Å². The first-order chi connectivity index (χ1) is 15.7. The second-order valence-corrected chi connectivity index (χ2v) is 8.57. The number of piperidine rings is 1. The zero-order valence-corrected chi connectivity index (χ0v) is 18.3. The zero-order chi connectivity index (χ0) is 21.9. The molecule has 0 radical (unpaired) electrons. The molecule has 1 amide bonds. The fraction of sp³-hybridized carbons (Fsp3) is 0.320. The Labute approximate surface area is 187 Å². The molecule has 4 aromatic rings. The third-order valence-corrected chi connectivity index (χ3v) is 6.36. The van der Waals surface area contributed by atoms with E-state index in [-0.39, 0.29) is 5.91 Å². The normalized spacial score (nSPS) is 17.0. The van der Waals surface area contributed by atoms with Gasteiger partial charge in [-0.05, 0) is 68.1 Å². The predicted octanol–water partition coefficient (Wildman–Crippen LogP) is 3.67. The summed E-state index contributed by atoms with van der Waals surface area (Å²) < 4.78 is 2.03. The molecule has 7 nitrogen and oxygen atoms in total. The summed E-state index contributed by atoms with van der Waals surface area (Å²) in [4.78, 5) is 20.0. The van der Waals surface area contributed by atoms with Crippen molar-refractivity contribution in [1.29, 1.82) is 0 Å². The van der Waals surface area contributed by atoms with Crippen LogP contribution in [0.3, 0.4) is 0 Å². The molecule has 0 aliphatic carbocycles. The summed E-state index contributed by atoms with van der Waals surface area (Å²) in [5.41, 5.74) is 5.78. The van der Waals surface area contributed by atoms with Gasteiger partial charge in [0.15, 0.2) is 0 Å². The van der Waals surface area contributed by atoms with E-state index in [1.54, 1.807) is 6.20 Å². The standard InChI is InChI=1S/C25H28N6O/c1-18-20(7-4-10-26-18)17-30-12-5-6-19(16-30)15-27-25(32)21-14-24(22-9-11-28-29-22)31-13-3-2-8-23(21)31/h2-4,7-11,13-14,19H,5-6,12,15-17H2,1H3,(H,27,32)(H,28,29)/t19-/m0/s1. The average molecular weight is 429 g/mol. The Morgan fingerprint density at radius 3 is 3.00 bits per heavy atom. The number of fused-ring (bicyclic) bond motifs is 1. The molecule has 1 saturated heterocycles. The third-order valence-electron chi connectivity index (χ3n) is 6.36. The monoisotopic (exact) mass is 428 g/mol. The SMILES string of the molecule is Cc1ncccc1CN1CCC[C@@H](CNC(=O)c2cc(-c3ccn[nH]3)n3ccccc23)C1. The molecule has 0 aromatic carbocycles. The van der Waals surface area contributed by atoms with Crippen LogP contribution in [-0.2, 0) is 6.54 Å². The number of pyridine rings is 2. The number of aromatic nitrogens is 4. The third kappa shape index (κ3) is 4.16. The Morgan fingerprint density at radius 2 is 2.16 bits per heavy atom. The summed E-state index contributed by atoms with van der Waals surface area (Å²) in [5, 5.41) is 10.2. The van der Waals surface area contributed by atoms with E-state index in [4.69, 9.17) is 0 Å². The van der Waals surface area contributed by atoms with Crippen molar-refractivity contribution >= 4 is 11.4 Å². The highest BCUT2D eigenvalue weighted by Crippen LogP contribution is 2.25. The Kier molecular flexibility index (Phi) is 5.73. The molecule has 32 heavy (non-hydrogen) atoms. The van der Waals surface area contributed by atoms with Crippen LogP contribution in [0.5, 0.6) is 0 Å². The first kappa shape index (κ1) is 20.5. The molecular weight excluding hydrogens is 400 g/mol. The van der Waals surface area contributed by atoms with E-state index in [0.717, 1.165) is 55.1 Å². The quantitative estimate of drug-likeness (QED) is 0.491. The minimum absolute atomic E-state index is 0.0281. The van der Waals surface area contributed by atoms with Gasteiger partial charge < -0.3 is 9.72 Å². The van der Waals surface area contributed by atoms with Crippen LogP contribution in [0.2, 0.25) is 0 Å². The minimum Gasteiger partial charge on any atom is -0.352 e. The van der Waals surface area contributed by atoms with Crippen molar-refractivity contribution in [2.45, 2.75) is 26.3 Å². The summed E-state index contributed by atoms with van der Waals surface area (Å²) >= 11 is 0. The van der Waals surface area contributed by atoms with Gasteiger partial charge in [-0.25, -0.2) is 0 Å². The summed E-state index contributed by atoms with van der Waals surface area (Å²) in [6.45, 7) is 5.75. The number of carbonyl (C=O) groups is 1. The number of hydrogen-bond donors (Lipinski definition) is 2. The molecule has 5 heterocycles. The van der Waals surface area contributed by atoms with Crippen molar-refractivity contribution in [1.82, 2.24) is 29.8 Å². The maximum atomic E-state index is 13.1. The summed E-state index contributed by atoms with van der Waals surface area (Å²) in [7, 11) is 0. The van der Waals surface area contributed by atoms with Crippen LogP contribution < -0.4 is 5.32 Å². The number of nitrogens with one attached hydrogen (secondary N) is 2. The number of hydrogen-bond acceptors (Lipinski definition) is 4. The van der Waals surface area contributed by atoms with Crippen molar-refractivity contribution in [3.05, 3.63) is 77.9 Å². The van der Waals surface area contributed by atoms with Crippen molar-refractivity contribution in [2.75, 3.05) is 19.6 Å². The molecule has 1 atom stereocenters. The van der Waals surface area contributed by atoms with Crippen LogP contribution in [0, 0.1) is 12.8 Å². The molecule has 0 bridgehead atoms. The lowest BCUT2D eigenvalue weighted by Crippen LogP contribution is -2.40. The number of carbonyl (C=O) groups excluding carboxylic acids is 1. The fourth-order valence-electron chi connectivity index (χ4n) is 4.66. The Balaban J connectivity index is 1.26. The van der Waals surface area contributed by atoms with Crippen LogP contribution in [0.1, 0.15) is 34.5 Å². The van der Waals surface area contributed by atoms with Crippen molar-refractivity contribution in [3.8, 4) is 11.4 Å². The van der Waals surface area contributed by atoms with Gasteiger partial charge in [0.1, 0.15) is 0 Å². The molecule has 5 rings (SSSR count). The number of H-pyrrole nitrogens is 1.